The number of hydrogen-bond donors (Lipinski definition) is 1. The predicted molar refractivity (Wildman–Crippen MR) is 62.6 cm³/mol. The first-order valence-electron chi connectivity index (χ1n) is 3.76. The molecule has 2 aromatic rings. The Morgan fingerprint density at radius 2 is 1.93 bits per heavy atom. The van der Waals surface area contributed by atoms with E-state index in [1.54, 1.807) is 11.8 Å². The van der Waals surface area contributed by atoms with E-state index in [1.165, 1.54) is 11.3 Å². The highest BCUT2D eigenvalue weighted by molar-refractivity contribution is 9.10. The Kier molecular flexibility index (Phi) is 3.05. The lowest BCUT2D eigenvalue weighted by Gasteiger charge is -1.95. The van der Waals surface area contributed by atoms with Crippen LogP contribution in [0.25, 0.3) is 0 Å². The topological polar surface area (TPSA) is 51.8 Å². The number of halogens is 1. The third-order valence-electron chi connectivity index (χ3n) is 1.44. The Morgan fingerprint density at radius 1 is 1.21 bits per heavy atom. The van der Waals surface area contributed by atoms with Gasteiger partial charge >= 0.3 is 0 Å². The summed E-state index contributed by atoms with van der Waals surface area (Å²) in [6.45, 7) is 0. The first-order chi connectivity index (χ1) is 6.74. The fraction of sp³-hybridized carbons (Fsp3) is 0. The molecule has 2 rings (SSSR count). The van der Waals surface area contributed by atoms with Gasteiger partial charge in [0.2, 0.25) is 5.13 Å². The van der Waals surface area contributed by atoms with Gasteiger partial charge in [0.1, 0.15) is 0 Å². The van der Waals surface area contributed by atoms with Crippen molar-refractivity contribution in [3.63, 3.8) is 0 Å². The molecule has 0 spiro atoms. The molecule has 0 bridgehead atoms. The molecule has 6 heteroatoms. The second-order valence-electron chi connectivity index (χ2n) is 2.46. The summed E-state index contributed by atoms with van der Waals surface area (Å²) in [5.41, 5.74) is 5.48. The van der Waals surface area contributed by atoms with Crippen LogP contribution in [-0.4, -0.2) is 10.2 Å². The molecule has 0 amide bonds. The lowest BCUT2D eigenvalue weighted by molar-refractivity contribution is 1.02. The van der Waals surface area contributed by atoms with E-state index in [1.807, 2.05) is 24.3 Å². The molecule has 0 aliphatic rings. The van der Waals surface area contributed by atoms with Crippen LogP contribution in [0.5, 0.6) is 0 Å². The zero-order chi connectivity index (χ0) is 9.97. The van der Waals surface area contributed by atoms with Gasteiger partial charge in [-0.25, -0.2) is 0 Å². The van der Waals surface area contributed by atoms with Crippen LogP contribution in [-0.2, 0) is 0 Å². The summed E-state index contributed by atoms with van der Waals surface area (Å²) < 4.78 is 1.93. The summed E-state index contributed by atoms with van der Waals surface area (Å²) in [6.07, 6.45) is 0. The Bertz CT molecular complexity index is 426. The van der Waals surface area contributed by atoms with Crippen LogP contribution in [0.4, 0.5) is 5.13 Å². The first-order valence-corrected chi connectivity index (χ1v) is 6.19. The molecule has 1 aromatic heterocycles. The van der Waals surface area contributed by atoms with Crippen LogP contribution in [0.2, 0.25) is 0 Å². The Labute approximate surface area is 97.9 Å². The summed E-state index contributed by atoms with van der Waals surface area (Å²) in [5, 5.41) is 8.18. The Morgan fingerprint density at radius 3 is 2.50 bits per heavy atom. The van der Waals surface area contributed by atoms with E-state index < -0.39 is 0 Å². The summed E-state index contributed by atoms with van der Waals surface area (Å²) in [4.78, 5) is 1.13. The van der Waals surface area contributed by atoms with Crippen LogP contribution in [0.1, 0.15) is 0 Å². The van der Waals surface area contributed by atoms with E-state index in [9.17, 15) is 0 Å². The van der Waals surface area contributed by atoms with E-state index in [4.69, 9.17) is 5.73 Å². The highest BCUT2D eigenvalue weighted by Crippen LogP contribution is 2.31. The zero-order valence-corrected chi connectivity index (χ0v) is 10.2. The Hall–Kier alpha value is -0.590. The minimum absolute atomic E-state index is 0.504. The van der Waals surface area contributed by atoms with Gasteiger partial charge in [-0.1, -0.05) is 39.0 Å². The van der Waals surface area contributed by atoms with Crippen molar-refractivity contribution in [2.24, 2.45) is 0 Å². The maximum absolute atomic E-state index is 5.48. The van der Waals surface area contributed by atoms with Gasteiger partial charge in [0.25, 0.3) is 0 Å². The van der Waals surface area contributed by atoms with Crippen LogP contribution in [0.15, 0.2) is 38.0 Å². The molecule has 1 aromatic carbocycles. The van der Waals surface area contributed by atoms with Crippen LogP contribution in [0, 0.1) is 0 Å². The van der Waals surface area contributed by atoms with Crippen molar-refractivity contribution in [1.29, 1.82) is 0 Å². The number of nitrogens with zero attached hydrogens (tertiary/aromatic N) is 2. The minimum Gasteiger partial charge on any atom is -0.374 e. The van der Waals surface area contributed by atoms with Crippen molar-refractivity contribution in [3.05, 3.63) is 28.7 Å². The number of hydrogen-bond acceptors (Lipinski definition) is 5. The third kappa shape index (κ3) is 2.46. The van der Waals surface area contributed by atoms with Crippen molar-refractivity contribution >= 4 is 44.2 Å². The van der Waals surface area contributed by atoms with E-state index in [0.29, 0.717) is 5.13 Å². The van der Waals surface area contributed by atoms with Crippen molar-refractivity contribution in [3.8, 4) is 0 Å². The molecule has 2 N–H and O–H groups in total. The van der Waals surface area contributed by atoms with Gasteiger partial charge in [0, 0.05) is 9.37 Å². The smallest absolute Gasteiger partial charge is 0.203 e. The quantitative estimate of drug-likeness (QED) is 0.922. The molecule has 3 nitrogen and oxygen atoms in total. The van der Waals surface area contributed by atoms with E-state index in [-0.39, 0.29) is 0 Å². The summed E-state index contributed by atoms with van der Waals surface area (Å²) in [6, 6.07) is 8.03. The second kappa shape index (κ2) is 4.29. The minimum atomic E-state index is 0.504. The molecule has 0 fully saturated rings. The molecule has 72 valence electrons. The average molecular weight is 288 g/mol. The molecule has 0 aliphatic heterocycles. The molecule has 0 radical (unpaired) electrons. The molecule has 0 saturated heterocycles. The third-order valence-corrected chi connectivity index (χ3v) is 3.78. The molecule has 14 heavy (non-hydrogen) atoms. The number of nitrogen functional groups attached to an aromatic ring is 1. The maximum Gasteiger partial charge on any atom is 0.203 e. The van der Waals surface area contributed by atoms with Gasteiger partial charge in [0.15, 0.2) is 4.34 Å². The largest absolute Gasteiger partial charge is 0.374 e. The molecular formula is C8H6BrN3S2. The number of aromatic nitrogens is 2. The highest BCUT2D eigenvalue weighted by atomic mass is 79.9. The summed E-state index contributed by atoms with van der Waals surface area (Å²) >= 11 is 6.34. The van der Waals surface area contributed by atoms with Crippen LogP contribution >= 0.6 is 39.0 Å². The molecule has 1 heterocycles. The van der Waals surface area contributed by atoms with Crippen molar-refractivity contribution < 1.29 is 0 Å². The summed E-state index contributed by atoms with van der Waals surface area (Å²) in [7, 11) is 0. The SMILES string of the molecule is Nc1nnc(Sc2ccc(Br)cc2)s1. The number of anilines is 1. The van der Waals surface area contributed by atoms with E-state index >= 15 is 0 Å². The van der Waals surface area contributed by atoms with Crippen molar-refractivity contribution in [1.82, 2.24) is 10.2 Å². The number of benzene rings is 1. The molecular weight excluding hydrogens is 282 g/mol. The summed E-state index contributed by atoms with van der Waals surface area (Å²) in [5.74, 6) is 0. The average Bonchev–Trinajstić information content (AvgIpc) is 2.56. The van der Waals surface area contributed by atoms with Crippen molar-refractivity contribution in [2.45, 2.75) is 9.24 Å². The highest BCUT2D eigenvalue weighted by Gasteiger charge is 2.02. The Balaban J connectivity index is 2.15. The predicted octanol–water partition coefficient (Wildman–Crippen LogP) is 3.03. The van der Waals surface area contributed by atoms with Crippen molar-refractivity contribution in [2.75, 3.05) is 5.73 Å². The zero-order valence-electron chi connectivity index (χ0n) is 6.98. The molecule has 0 unspecified atom stereocenters. The van der Waals surface area contributed by atoms with Crippen LogP contribution < -0.4 is 5.73 Å². The second-order valence-corrected chi connectivity index (χ2v) is 5.71. The molecule has 0 atom stereocenters. The number of nitrogens with two attached hydrogens (primary N) is 1. The lowest BCUT2D eigenvalue weighted by atomic mass is 10.4. The fourth-order valence-corrected chi connectivity index (χ4v) is 2.74. The van der Waals surface area contributed by atoms with Gasteiger partial charge in [-0.15, -0.1) is 10.2 Å². The standard InChI is InChI=1S/C8H6BrN3S2/c9-5-1-3-6(4-2-5)13-8-12-11-7(10)14-8/h1-4H,(H2,10,11). The van der Waals surface area contributed by atoms with Gasteiger partial charge in [-0.2, -0.15) is 0 Å². The van der Waals surface area contributed by atoms with Gasteiger partial charge in [-0.3, -0.25) is 0 Å². The first kappa shape index (κ1) is 9.95. The maximum atomic E-state index is 5.48. The number of rotatable bonds is 2. The van der Waals surface area contributed by atoms with Gasteiger partial charge in [-0.05, 0) is 24.3 Å². The molecule has 0 aliphatic carbocycles. The van der Waals surface area contributed by atoms with E-state index in [0.717, 1.165) is 13.7 Å². The normalized spacial score (nSPS) is 10.4. The fourth-order valence-electron chi connectivity index (χ4n) is 0.865. The van der Waals surface area contributed by atoms with Crippen LogP contribution in [0.3, 0.4) is 0 Å². The van der Waals surface area contributed by atoms with E-state index in [2.05, 4.69) is 26.1 Å². The van der Waals surface area contributed by atoms with Gasteiger partial charge in [0.05, 0.1) is 0 Å². The van der Waals surface area contributed by atoms with Gasteiger partial charge < -0.3 is 5.73 Å². The monoisotopic (exact) mass is 287 g/mol. The molecule has 0 saturated carbocycles. The lowest BCUT2D eigenvalue weighted by Crippen LogP contribution is -1.79.